The molecule has 1 aliphatic heterocycles. The van der Waals surface area contributed by atoms with Gasteiger partial charge in [0.25, 0.3) is 0 Å². The zero-order valence-corrected chi connectivity index (χ0v) is 17.6. The molecular weight excluding hydrogens is 380 g/mol. The van der Waals surface area contributed by atoms with Crippen molar-refractivity contribution in [2.24, 2.45) is 4.99 Å². The van der Waals surface area contributed by atoms with Gasteiger partial charge in [0.1, 0.15) is 0 Å². The van der Waals surface area contributed by atoms with Crippen molar-refractivity contribution >= 4 is 27.7 Å². The second kappa shape index (κ2) is 9.30. The van der Waals surface area contributed by atoms with E-state index in [2.05, 4.69) is 39.9 Å². The minimum Gasteiger partial charge on any atom is -0.356 e. The normalized spacial score (nSPS) is 20.7. The van der Waals surface area contributed by atoms with Crippen LogP contribution in [0, 0.1) is 0 Å². The minimum atomic E-state index is -3.19. The molecule has 2 fully saturated rings. The molecule has 0 amide bonds. The summed E-state index contributed by atoms with van der Waals surface area (Å²) in [4.78, 5) is 4.26. The number of sulfonamides is 1. The van der Waals surface area contributed by atoms with Crippen molar-refractivity contribution in [1.82, 2.24) is 14.9 Å². The van der Waals surface area contributed by atoms with Gasteiger partial charge in [-0.2, -0.15) is 11.8 Å². The molecule has 27 heavy (non-hydrogen) atoms. The molecule has 2 aliphatic rings. The molecule has 0 aromatic heterocycles. The summed E-state index contributed by atoms with van der Waals surface area (Å²) >= 11 is 1.81. The average molecular weight is 411 g/mol. The van der Waals surface area contributed by atoms with Gasteiger partial charge in [-0.05, 0) is 18.4 Å². The first-order valence-corrected chi connectivity index (χ1v) is 12.4. The third-order valence-corrected chi connectivity index (χ3v) is 8.35. The number of rotatable bonds is 7. The summed E-state index contributed by atoms with van der Waals surface area (Å²) in [7, 11) is -1.47. The van der Waals surface area contributed by atoms with Crippen LogP contribution in [0.4, 0.5) is 0 Å². The van der Waals surface area contributed by atoms with Gasteiger partial charge in [-0.3, -0.25) is 4.99 Å². The number of benzene rings is 1. The molecule has 1 aliphatic carbocycles. The minimum absolute atomic E-state index is 0.0994. The van der Waals surface area contributed by atoms with E-state index in [1.54, 1.807) is 11.4 Å². The third-order valence-electron chi connectivity index (χ3n) is 5.53. The van der Waals surface area contributed by atoms with Crippen LogP contribution in [0.1, 0.15) is 24.8 Å². The van der Waals surface area contributed by atoms with Crippen LogP contribution in [-0.2, 0) is 15.4 Å². The Balaban J connectivity index is 1.48. The lowest BCUT2D eigenvalue weighted by molar-refractivity contribution is 0.244. The van der Waals surface area contributed by atoms with Gasteiger partial charge in [-0.15, -0.1) is 0 Å². The highest BCUT2D eigenvalue weighted by Crippen LogP contribution is 2.43. The maximum atomic E-state index is 12.4. The number of hydrogen-bond acceptors (Lipinski definition) is 4. The van der Waals surface area contributed by atoms with E-state index in [0.717, 1.165) is 18.1 Å². The maximum absolute atomic E-state index is 12.4. The van der Waals surface area contributed by atoms with E-state index < -0.39 is 10.0 Å². The van der Waals surface area contributed by atoms with Crippen molar-refractivity contribution in [2.75, 3.05) is 50.5 Å². The van der Waals surface area contributed by atoms with Gasteiger partial charge in [-0.1, -0.05) is 36.8 Å². The standard InChI is InChI=1S/C19H30N4O2S2/c1-20-18(21-10-15-27(24,25)23-11-13-26-14-12-23)22-16-19(8-5-9-19)17-6-3-2-4-7-17/h2-4,6-7H,5,8-16H2,1H3,(H2,20,21,22). The monoisotopic (exact) mass is 410 g/mol. The number of guanidine groups is 1. The van der Waals surface area contributed by atoms with Crippen molar-refractivity contribution in [3.05, 3.63) is 35.9 Å². The van der Waals surface area contributed by atoms with Crippen LogP contribution in [0.5, 0.6) is 0 Å². The van der Waals surface area contributed by atoms with Gasteiger partial charge >= 0.3 is 0 Å². The second-order valence-corrected chi connectivity index (χ2v) is 10.5. The summed E-state index contributed by atoms with van der Waals surface area (Å²) in [6, 6.07) is 10.6. The summed E-state index contributed by atoms with van der Waals surface area (Å²) in [6.45, 7) is 2.43. The fourth-order valence-corrected chi connectivity index (χ4v) is 6.18. The predicted octanol–water partition coefficient (Wildman–Crippen LogP) is 1.65. The van der Waals surface area contributed by atoms with Crippen molar-refractivity contribution in [2.45, 2.75) is 24.7 Å². The van der Waals surface area contributed by atoms with Gasteiger partial charge in [0, 0.05) is 50.1 Å². The number of thioether (sulfide) groups is 1. The molecular formula is C19H30N4O2S2. The Morgan fingerprint density at radius 1 is 1.19 bits per heavy atom. The first-order valence-electron chi connectivity index (χ1n) is 9.61. The van der Waals surface area contributed by atoms with Crippen LogP contribution in [0.2, 0.25) is 0 Å². The first-order chi connectivity index (χ1) is 13.1. The van der Waals surface area contributed by atoms with Crippen molar-refractivity contribution in [3.8, 4) is 0 Å². The summed E-state index contributed by atoms with van der Waals surface area (Å²) in [5, 5.41) is 6.57. The van der Waals surface area contributed by atoms with Crippen molar-refractivity contribution in [1.29, 1.82) is 0 Å². The molecule has 0 spiro atoms. The lowest BCUT2D eigenvalue weighted by atomic mass is 9.64. The van der Waals surface area contributed by atoms with Crippen LogP contribution in [0.15, 0.2) is 35.3 Å². The van der Waals surface area contributed by atoms with Gasteiger partial charge in [-0.25, -0.2) is 12.7 Å². The summed E-state index contributed by atoms with van der Waals surface area (Å²) in [5.74, 6) is 2.54. The lowest BCUT2D eigenvalue weighted by Gasteiger charge is -2.43. The quantitative estimate of drug-likeness (QED) is 0.528. The van der Waals surface area contributed by atoms with Gasteiger partial charge in [0.2, 0.25) is 10.0 Å². The molecule has 1 aromatic rings. The van der Waals surface area contributed by atoms with Gasteiger partial charge in [0.05, 0.1) is 5.75 Å². The van der Waals surface area contributed by atoms with E-state index in [9.17, 15) is 8.42 Å². The van der Waals surface area contributed by atoms with E-state index in [4.69, 9.17) is 0 Å². The summed E-state index contributed by atoms with van der Waals surface area (Å²) in [6.07, 6.45) is 3.58. The van der Waals surface area contributed by atoms with Crippen LogP contribution < -0.4 is 10.6 Å². The Hall–Kier alpha value is -1.25. The maximum Gasteiger partial charge on any atom is 0.215 e. The highest BCUT2D eigenvalue weighted by Gasteiger charge is 2.38. The van der Waals surface area contributed by atoms with E-state index in [0.29, 0.717) is 25.6 Å². The smallest absolute Gasteiger partial charge is 0.215 e. The molecule has 1 aromatic carbocycles. The molecule has 3 rings (SSSR count). The van der Waals surface area contributed by atoms with E-state index in [1.165, 1.54) is 24.8 Å². The number of aliphatic imine (C=N–C) groups is 1. The fourth-order valence-electron chi connectivity index (χ4n) is 3.69. The van der Waals surface area contributed by atoms with Gasteiger partial charge < -0.3 is 10.6 Å². The van der Waals surface area contributed by atoms with E-state index in [1.807, 2.05) is 17.8 Å². The van der Waals surface area contributed by atoms with Crippen LogP contribution in [-0.4, -0.2) is 69.2 Å². The molecule has 0 unspecified atom stereocenters. The lowest BCUT2D eigenvalue weighted by Crippen LogP contribution is -2.50. The van der Waals surface area contributed by atoms with E-state index in [-0.39, 0.29) is 11.2 Å². The number of hydrogen-bond donors (Lipinski definition) is 2. The van der Waals surface area contributed by atoms with Crippen molar-refractivity contribution < 1.29 is 8.42 Å². The van der Waals surface area contributed by atoms with Crippen LogP contribution >= 0.6 is 11.8 Å². The zero-order valence-electron chi connectivity index (χ0n) is 16.0. The molecule has 0 radical (unpaired) electrons. The second-order valence-electron chi connectivity index (χ2n) is 7.18. The Bertz CT molecular complexity index is 727. The molecule has 1 saturated heterocycles. The molecule has 2 N–H and O–H groups in total. The van der Waals surface area contributed by atoms with Gasteiger partial charge in [0.15, 0.2) is 5.96 Å². The summed E-state index contributed by atoms with van der Waals surface area (Å²) in [5.41, 5.74) is 1.53. The molecule has 150 valence electrons. The fraction of sp³-hybridized carbons (Fsp3) is 0.632. The Morgan fingerprint density at radius 3 is 2.48 bits per heavy atom. The molecule has 6 nitrogen and oxygen atoms in total. The Kier molecular flexibility index (Phi) is 7.05. The van der Waals surface area contributed by atoms with E-state index >= 15 is 0 Å². The zero-order chi connectivity index (χ0) is 19.2. The Morgan fingerprint density at radius 2 is 1.89 bits per heavy atom. The largest absolute Gasteiger partial charge is 0.356 e. The Labute approximate surface area is 167 Å². The highest BCUT2D eigenvalue weighted by atomic mass is 32.2. The third kappa shape index (κ3) is 5.18. The van der Waals surface area contributed by atoms with Crippen LogP contribution in [0.25, 0.3) is 0 Å². The molecule has 0 atom stereocenters. The van der Waals surface area contributed by atoms with Crippen LogP contribution in [0.3, 0.4) is 0 Å². The molecule has 0 bridgehead atoms. The topological polar surface area (TPSA) is 73.8 Å². The number of nitrogens with zero attached hydrogens (tertiary/aromatic N) is 2. The molecule has 1 saturated carbocycles. The summed E-state index contributed by atoms with van der Waals surface area (Å²) < 4.78 is 26.5. The molecule has 1 heterocycles. The average Bonchev–Trinajstić information content (AvgIpc) is 2.67. The first kappa shape index (κ1) is 20.5. The van der Waals surface area contributed by atoms with Crippen molar-refractivity contribution in [3.63, 3.8) is 0 Å². The highest BCUT2D eigenvalue weighted by molar-refractivity contribution is 7.99. The molecule has 8 heteroatoms. The SMILES string of the molecule is CN=C(NCCS(=O)(=O)N1CCSCC1)NCC1(c2ccccc2)CCC1. The number of nitrogens with one attached hydrogen (secondary N) is 2. The predicted molar refractivity (Wildman–Crippen MR) is 114 cm³/mol.